The van der Waals surface area contributed by atoms with Crippen LogP contribution in [0.1, 0.15) is 26.3 Å². The van der Waals surface area contributed by atoms with Crippen LogP contribution in [0.25, 0.3) is 0 Å². The van der Waals surface area contributed by atoms with E-state index in [0.29, 0.717) is 19.1 Å². The molecule has 0 bridgehead atoms. The summed E-state index contributed by atoms with van der Waals surface area (Å²) in [6.45, 7) is 8.61. The Morgan fingerprint density at radius 2 is 1.82 bits per heavy atom. The summed E-state index contributed by atoms with van der Waals surface area (Å²) in [5.74, 6) is 2.38. The van der Waals surface area contributed by atoms with Crippen molar-refractivity contribution in [2.24, 2.45) is 5.92 Å². The lowest BCUT2D eigenvalue weighted by atomic mass is 9.95. The van der Waals surface area contributed by atoms with E-state index in [1.54, 1.807) is 0 Å². The Morgan fingerprint density at radius 3 is 2.47 bits per heavy atom. The molecule has 1 aliphatic rings. The summed E-state index contributed by atoms with van der Waals surface area (Å²) in [6, 6.07) is 4.18. The summed E-state index contributed by atoms with van der Waals surface area (Å²) < 4.78 is 11.3. The Labute approximate surface area is 103 Å². The second-order valence-electron chi connectivity index (χ2n) is 4.51. The van der Waals surface area contributed by atoms with Gasteiger partial charge in [-0.25, -0.2) is 0 Å². The van der Waals surface area contributed by atoms with Crippen molar-refractivity contribution in [2.75, 3.05) is 25.1 Å². The van der Waals surface area contributed by atoms with E-state index in [9.17, 15) is 0 Å². The van der Waals surface area contributed by atoms with Crippen molar-refractivity contribution in [2.45, 2.75) is 27.2 Å². The van der Waals surface area contributed by atoms with Crippen molar-refractivity contribution in [3.05, 3.63) is 17.7 Å². The predicted octanol–water partition coefficient (Wildman–Crippen LogP) is 3.09. The van der Waals surface area contributed by atoms with Gasteiger partial charge in [0.2, 0.25) is 0 Å². The Kier molecular flexibility index (Phi) is 3.77. The largest absolute Gasteiger partial charge is 0.490 e. The highest BCUT2D eigenvalue weighted by Crippen LogP contribution is 2.36. The van der Waals surface area contributed by atoms with Crippen molar-refractivity contribution < 1.29 is 9.47 Å². The first kappa shape index (κ1) is 12.1. The fourth-order valence-corrected chi connectivity index (χ4v) is 2.20. The van der Waals surface area contributed by atoms with Gasteiger partial charge in [-0.15, -0.1) is 0 Å². The van der Waals surface area contributed by atoms with E-state index in [1.807, 2.05) is 13.8 Å². The number of rotatable bonds is 4. The molecule has 1 aliphatic heterocycles. The average Bonchev–Trinajstić information content (AvgIpc) is 2.31. The van der Waals surface area contributed by atoms with Gasteiger partial charge in [-0.05, 0) is 37.8 Å². The summed E-state index contributed by atoms with van der Waals surface area (Å²) in [5, 5.41) is 3.44. The first-order chi connectivity index (χ1) is 8.24. The van der Waals surface area contributed by atoms with Crippen molar-refractivity contribution in [1.29, 1.82) is 0 Å². The van der Waals surface area contributed by atoms with Gasteiger partial charge in [0.25, 0.3) is 0 Å². The highest BCUT2D eigenvalue weighted by molar-refractivity contribution is 5.62. The summed E-state index contributed by atoms with van der Waals surface area (Å²) in [5.41, 5.74) is 2.52. The summed E-state index contributed by atoms with van der Waals surface area (Å²) in [7, 11) is 0. The highest BCUT2D eigenvalue weighted by Gasteiger charge is 2.18. The van der Waals surface area contributed by atoms with Gasteiger partial charge in [0.1, 0.15) is 0 Å². The van der Waals surface area contributed by atoms with Crippen molar-refractivity contribution in [3.63, 3.8) is 0 Å². The van der Waals surface area contributed by atoms with Crippen LogP contribution in [0.15, 0.2) is 12.1 Å². The second-order valence-corrected chi connectivity index (χ2v) is 4.51. The van der Waals surface area contributed by atoms with E-state index in [4.69, 9.17) is 9.47 Å². The molecular weight excluding hydrogens is 214 g/mol. The van der Waals surface area contributed by atoms with Crippen LogP contribution in [0.5, 0.6) is 11.5 Å². The lowest BCUT2D eigenvalue weighted by Gasteiger charge is -2.25. The minimum Gasteiger partial charge on any atom is -0.490 e. The van der Waals surface area contributed by atoms with Crippen molar-refractivity contribution >= 4 is 5.69 Å². The molecule has 1 unspecified atom stereocenters. The highest BCUT2D eigenvalue weighted by atomic mass is 16.5. The van der Waals surface area contributed by atoms with E-state index < -0.39 is 0 Å². The van der Waals surface area contributed by atoms with Crippen LogP contribution in [0.2, 0.25) is 0 Å². The third-order valence-electron chi connectivity index (χ3n) is 2.98. The van der Waals surface area contributed by atoms with Crippen LogP contribution in [0, 0.1) is 5.92 Å². The topological polar surface area (TPSA) is 30.5 Å². The lowest BCUT2D eigenvalue weighted by Crippen LogP contribution is -2.20. The standard InChI is InChI=1S/C14H21NO2/c1-4-16-13-7-11-6-10(3)9-15-12(11)8-14(13)17-5-2/h7-8,10,15H,4-6,9H2,1-3H3. The first-order valence-corrected chi connectivity index (χ1v) is 6.41. The van der Waals surface area contributed by atoms with Gasteiger partial charge in [0.15, 0.2) is 11.5 Å². The molecule has 0 fully saturated rings. The molecule has 1 aromatic rings. The number of nitrogens with one attached hydrogen (secondary N) is 1. The molecule has 1 heterocycles. The number of anilines is 1. The van der Waals surface area contributed by atoms with Gasteiger partial charge in [0.05, 0.1) is 13.2 Å². The van der Waals surface area contributed by atoms with Crippen LogP contribution >= 0.6 is 0 Å². The average molecular weight is 235 g/mol. The zero-order valence-corrected chi connectivity index (χ0v) is 10.9. The number of benzene rings is 1. The molecule has 0 saturated heterocycles. The van der Waals surface area contributed by atoms with Crippen LogP contribution < -0.4 is 14.8 Å². The molecule has 0 saturated carbocycles. The maximum absolute atomic E-state index is 5.64. The molecule has 17 heavy (non-hydrogen) atoms. The molecule has 0 amide bonds. The minimum atomic E-state index is 0.662. The fraction of sp³-hybridized carbons (Fsp3) is 0.571. The van der Waals surface area contributed by atoms with Crippen LogP contribution in [0.3, 0.4) is 0 Å². The van der Waals surface area contributed by atoms with Gasteiger partial charge < -0.3 is 14.8 Å². The summed E-state index contributed by atoms with van der Waals surface area (Å²) in [4.78, 5) is 0. The molecular formula is C14H21NO2. The van der Waals surface area contributed by atoms with Crippen molar-refractivity contribution in [3.8, 4) is 11.5 Å². The predicted molar refractivity (Wildman–Crippen MR) is 70.1 cm³/mol. The molecule has 2 rings (SSSR count). The Bertz CT molecular complexity index is 390. The van der Waals surface area contributed by atoms with E-state index in [-0.39, 0.29) is 0 Å². The third-order valence-corrected chi connectivity index (χ3v) is 2.98. The van der Waals surface area contributed by atoms with Gasteiger partial charge in [0, 0.05) is 18.3 Å². The fourth-order valence-electron chi connectivity index (χ4n) is 2.20. The molecule has 1 N–H and O–H groups in total. The molecule has 3 nitrogen and oxygen atoms in total. The normalized spacial score (nSPS) is 18.2. The molecule has 1 aromatic carbocycles. The smallest absolute Gasteiger partial charge is 0.163 e. The molecule has 1 atom stereocenters. The SMILES string of the molecule is CCOc1cc2c(cc1OCC)NCC(C)C2. The maximum Gasteiger partial charge on any atom is 0.163 e. The third kappa shape index (κ3) is 2.65. The lowest BCUT2D eigenvalue weighted by molar-refractivity contribution is 0.287. The van der Waals surface area contributed by atoms with E-state index in [0.717, 1.165) is 24.5 Å². The number of hydrogen-bond acceptors (Lipinski definition) is 3. The van der Waals surface area contributed by atoms with Gasteiger partial charge in [-0.1, -0.05) is 6.92 Å². The van der Waals surface area contributed by atoms with Gasteiger partial charge in [-0.2, -0.15) is 0 Å². The summed E-state index contributed by atoms with van der Waals surface area (Å²) >= 11 is 0. The molecule has 0 aliphatic carbocycles. The Hall–Kier alpha value is -1.38. The number of ether oxygens (including phenoxy) is 2. The number of fused-ring (bicyclic) bond motifs is 1. The summed E-state index contributed by atoms with van der Waals surface area (Å²) in [6.07, 6.45) is 1.11. The molecule has 0 spiro atoms. The number of hydrogen-bond donors (Lipinski definition) is 1. The van der Waals surface area contributed by atoms with Crippen LogP contribution in [0.4, 0.5) is 5.69 Å². The van der Waals surface area contributed by atoms with Gasteiger partial charge in [-0.3, -0.25) is 0 Å². The Balaban J connectivity index is 2.33. The van der Waals surface area contributed by atoms with Crippen molar-refractivity contribution in [1.82, 2.24) is 0 Å². The molecule has 0 radical (unpaired) electrons. The quantitative estimate of drug-likeness (QED) is 0.870. The second kappa shape index (κ2) is 5.30. The van der Waals surface area contributed by atoms with Gasteiger partial charge >= 0.3 is 0 Å². The zero-order valence-electron chi connectivity index (χ0n) is 10.9. The van der Waals surface area contributed by atoms with Crippen LogP contribution in [-0.4, -0.2) is 19.8 Å². The Morgan fingerprint density at radius 1 is 1.18 bits per heavy atom. The monoisotopic (exact) mass is 235 g/mol. The van der Waals surface area contributed by atoms with E-state index in [1.165, 1.54) is 11.3 Å². The first-order valence-electron chi connectivity index (χ1n) is 6.41. The maximum atomic E-state index is 5.64. The van der Waals surface area contributed by atoms with E-state index in [2.05, 4.69) is 24.4 Å². The zero-order chi connectivity index (χ0) is 12.3. The molecule has 94 valence electrons. The van der Waals surface area contributed by atoms with E-state index >= 15 is 0 Å². The molecule has 3 heteroatoms. The van der Waals surface area contributed by atoms with Crippen LogP contribution in [-0.2, 0) is 6.42 Å². The minimum absolute atomic E-state index is 0.662. The molecule has 0 aromatic heterocycles.